The van der Waals surface area contributed by atoms with E-state index in [0.717, 1.165) is 10.3 Å². The second-order valence-corrected chi connectivity index (χ2v) is 5.96. The summed E-state index contributed by atoms with van der Waals surface area (Å²) in [5.41, 5.74) is 2.71. The summed E-state index contributed by atoms with van der Waals surface area (Å²) in [5, 5.41) is 0.372. The van der Waals surface area contributed by atoms with Gasteiger partial charge in [0.1, 0.15) is 6.04 Å². The number of alkyl halides is 3. The first-order valence-corrected chi connectivity index (χ1v) is 7.70. The maximum atomic E-state index is 12.0. The molecule has 136 valence electrons. The van der Waals surface area contributed by atoms with Gasteiger partial charge in [0, 0.05) is 6.54 Å². The zero-order valence-corrected chi connectivity index (χ0v) is 12.4. The monoisotopic (exact) mass is 376 g/mol. The van der Waals surface area contributed by atoms with Gasteiger partial charge in [0.25, 0.3) is 5.91 Å². The van der Waals surface area contributed by atoms with Crippen LogP contribution < -0.4 is 10.9 Å². The molecule has 2 heterocycles. The number of fused-ring (bicyclic) bond motifs is 2. The average molecular weight is 376 g/mol. The molecule has 2 fully saturated rings. The van der Waals surface area contributed by atoms with Gasteiger partial charge in [-0.25, -0.2) is 4.79 Å². The van der Waals surface area contributed by atoms with Crippen LogP contribution in [0.1, 0.15) is 12.8 Å². The third kappa shape index (κ3) is 3.85. The van der Waals surface area contributed by atoms with E-state index < -0.39 is 46.5 Å². The van der Waals surface area contributed by atoms with Gasteiger partial charge >= 0.3 is 28.5 Å². The summed E-state index contributed by atoms with van der Waals surface area (Å²) in [7, 11) is -4.96. The van der Waals surface area contributed by atoms with E-state index in [1.165, 1.54) is 0 Å². The fourth-order valence-electron chi connectivity index (χ4n) is 2.38. The van der Waals surface area contributed by atoms with Crippen molar-refractivity contribution in [2.75, 3.05) is 6.54 Å². The fourth-order valence-corrected chi connectivity index (χ4v) is 2.77. The highest BCUT2D eigenvalue weighted by molar-refractivity contribution is 7.80. The average Bonchev–Trinajstić information content (AvgIpc) is 2.67. The predicted molar refractivity (Wildman–Crippen MR) is 65.7 cm³/mol. The molecule has 1 unspecified atom stereocenters. The van der Waals surface area contributed by atoms with Crippen molar-refractivity contribution < 1.29 is 44.8 Å². The van der Waals surface area contributed by atoms with Crippen LogP contribution in [0.3, 0.4) is 0 Å². The van der Waals surface area contributed by atoms with E-state index in [0.29, 0.717) is 5.06 Å². The number of hydrogen-bond donors (Lipinski definition) is 3. The number of nitrogens with one attached hydrogen (secondary N) is 2. The third-order valence-electron chi connectivity index (χ3n) is 3.36. The summed E-state index contributed by atoms with van der Waals surface area (Å²) in [6, 6.07) is -3.05. The third-order valence-corrected chi connectivity index (χ3v) is 3.71. The lowest BCUT2D eigenvalue weighted by molar-refractivity contribution is -0.175. The van der Waals surface area contributed by atoms with Crippen molar-refractivity contribution in [2.45, 2.75) is 31.1 Å². The van der Waals surface area contributed by atoms with Gasteiger partial charge in [-0.1, -0.05) is 0 Å². The number of hydroxylamine groups is 2. The number of piperidine rings is 1. The van der Waals surface area contributed by atoms with Gasteiger partial charge in [0.2, 0.25) is 0 Å². The van der Waals surface area contributed by atoms with E-state index in [4.69, 9.17) is 4.55 Å². The molecular weight excluding hydrogens is 365 g/mol. The molecule has 0 spiro atoms. The second-order valence-electron chi connectivity index (χ2n) is 4.95. The standard InChI is InChI=1S/C9H11F3N4O7S/c10-9(11,12)7(18)14-13-6(17)5-2-1-4-3-15(5)8(19)16(4)23-24(20,21)22/h4-5H,1-3H2,(H,13,17)(H,14,18)(H,20,21,22)/t4?,5-/m0/s1. The minimum atomic E-state index is -5.20. The SMILES string of the molecule is O=C(NNC(=O)C(F)(F)F)[C@@H]1CCC2CN1C(=O)N2OS(=O)(=O)O. The molecule has 0 saturated carbocycles. The first-order valence-electron chi connectivity index (χ1n) is 6.34. The number of halogens is 3. The van der Waals surface area contributed by atoms with E-state index in [9.17, 15) is 36.0 Å². The molecule has 2 aliphatic rings. The van der Waals surface area contributed by atoms with Crippen molar-refractivity contribution in [2.24, 2.45) is 0 Å². The highest BCUT2D eigenvalue weighted by Crippen LogP contribution is 2.30. The molecule has 2 rings (SSSR count). The minimum absolute atomic E-state index is 0.0184. The predicted octanol–water partition coefficient (Wildman–Crippen LogP) is -1.30. The van der Waals surface area contributed by atoms with Crippen LogP contribution in [0.2, 0.25) is 0 Å². The molecule has 0 aromatic heterocycles. The Hall–Kier alpha value is -2.13. The highest BCUT2D eigenvalue weighted by Gasteiger charge is 2.49. The largest absolute Gasteiger partial charge is 0.472 e. The van der Waals surface area contributed by atoms with Crippen molar-refractivity contribution in [1.82, 2.24) is 20.8 Å². The summed E-state index contributed by atoms with van der Waals surface area (Å²) in [6.45, 7) is -0.139. The Morgan fingerprint density at radius 1 is 1.25 bits per heavy atom. The van der Waals surface area contributed by atoms with Gasteiger partial charge in [0.15, 0.2) is 0 Å². The quantitative estimate of drug-likeness (QED) is 0.410. The number of hydrazine groups is 1. The van der Waals surface area contributed by atoms with Crippen LogP contribution in [0, 0.1) is 0 Å². The zero-order chi connectivity index (χ0) is 18.3. The Bertz CT molecular complexity index is 667. The Kier molecular flexibility index (Phi) is 4.60. The molecule has 2 atom stereocenters. The lowest BCUT2D eigenvalue weighted by atomic mass is 10.0. The number of carbonyl (C=O) groups is 3. The number of urea groups is 1. The summed E-state index contributed by atoms with van der Waals surface area (Å²) in [6.07, 6.45) is -5.13. The minimum Gasteiger partial charge on any atom is -0.309 e. The van der Waals surface area contributed by atoms with E-state index >= 15 is 0 Å². The lowest BCUT2D eigenvalue weighted by Crippen LogP contribution is -2.56. The molecule has 2 bridgehead atoms. The number of rotatable bonds is 3. The first-order chi connectivity index (χ1) is 10.9. The zero-order valence-electron chi connectivity index (χ0n) is 11.6. The van der Waals surface area contributed by atoms with Crippen LogP contribution in [0.25, 0.3) is 0 Å². The van der Waals surface area contributed by atoms with Crippen LogP contribution in [0.15, 0.2) is 0 Å². The van der Waals surface area contributed by atoms with Crippen molar-refractivity contribution in [3.8, 4) is 0 Å². The lowest BCUT2D eigenvalue weighted by Gasteiger charge is -2.29. The molecule has 0 radical (unpaired) electrons. The van der Waals surface area contributed by atoms with E-state index in [1.54, 1.807) is 5.43 Å². The van der Waals surface area contributed by atoms with Crippen molar-refractivity contribution in [1.29, 1.82) is 0 Å². The summed E-state index contributed by atoms with van der Waals surface area (Å²) < 4.78 is 70.2. The van der Waals surface area contributed by atoms with Gasteiger partial charge in [-0.15, -0.1) is 4.28 Å². The normalized spacial score (nSPS) is 24.1. The van der Waals surface area contributed by atoms with Crippen LogP contribution >= 0.6 is 0 Å². The van der Waals surface area contributed by atoms with Gasteiger partial charge in [-0.05, 0) is 12.8 Å². The van der Waals surface area contributed by atoms with Crippen molar-refractivity contribution >= 4 is 28.2 Å². The molecule has 0 aromatic rings. The highest BCUT2D eigenvalue weighted by atomic mass is 32.3. The Labute approximate surface area is 132 Å². The van der Waals surface area contributed by atoms with Gasteiger partial charge in [-0.2, -0.15) is 26.7 Å². The molecule has 15 heteroatoms. The molecule has 0 aliphatic carbocycles. The van der Waals surface area contributed by atoms with Crippen molar-refractivity contribution in [3.63, 3.8) is 0 Å². The maximum Gasteiger partial charge on any atom is 0.472 e. The van der Waals surface area contributed by atoms with Crippen molar-refractivity contribution in [3.05, 3.63) is 0 Å². The Balaban J connectivity index is 2.01. The number of carbonyl (C=O) groups excluding carboxylic acids is 3. The molecule has 2 saturated heterocycles. The number of hydrogen-bond acceptors (Lipinski definition) is 6. The van der Waals surface area contributed by atoms with Crippen LogP contribution in [0.5, 0.6) is 0 Å². The maximum absolute atomic E-state index is 12.0. The second kappa shape index (κ2) is 6.06. The Morgan fingerprint density at radius 2 is 1.88 bits per heavy atom. The van der Waals surface area contributed by atoms with E-state index in [2.05, 4.69) is 4.28 Å². The Morgan fingerprint density at radius 3 is 2.42 bits per heavy atom. The molecule has 4 amide bonds. The topological polar surface area (TPSA) is 145 Å². The smallest absolute Gasteiger partial charge is 0.309 e. The molecule has 11 nitrogen and oxygen atoms in total. The van der Waals surface area contributed by atoms with Crippen LogP contribution in [-0.4, -0.2) is 65.6 Å². The van der Waals surface area contributed by atoms with Crippen LogP contribution in [0.4, 0.5) is 18.0 Å². The fraction of sp³-hybridized carbons (Fsp3) is 0.667. The molecular formula is C9H11F3N4O7S. The first kappa shape index (κ1) is 18.2. The van der Waals surface area contributed by atoms with Gasteiger partial charge in [-0.3, -0.25) is 25.0 Å². The van der Waals surface area contributed by atoms with E-state index in [-0.39, 0.29) is 19.4 Å². The molecule has 24 heavy (non-hydrogen) atoms. The summed E-state index contributed by atoms with van der Waals surface area (Å²) in [5.74, 6) is -3.48. The number of amides is 4. The van der Waals surface area contributed by atoms with E-state index in [1.807, 2.05) is 0 Å². The van der Waals surface area contributed by atoms with Gasteiger partial charge in [0.05, 0.1) is 6.04 Å². The molecule has 2 aliphatic heterocycles. The number of nitrogens with zero attached hydrogens (tertiary/aromatic N) is 2. The molecule has 0 aromatic carbocycles. The van der Waals surface area contributed by atoms with Gasteiger partial charge < -0.3 is 4.90 Å². The summed E-state index contributed by atoms with van der Waals surface area (Å²) in [4.78, 5) is 35.3. The molecule has 3 N–H and O–H groups in total. The van der Waals surface area contributed by atoms with Crippen LogP contribution in [-0.2, 0) is 24.3 Å². The summed E-state index contributed by atoms with van der Waals surface area (Å²) >= 11 is 0.